The van der Waals surface area contributed by atoms with Gasteiger partial charge in [-0.25, -0.2) is 8.42 Å². The van der Waals surface area contributed by atoms with E-state index in [0.29, 0.717) is 12.3 Å². The number of carbonyl (C=O) groups is 1. The number of hydrogen-bond donors (Lipinski definition) is 1. The Balaban J connectivity index is 1.68. The fourth-order valence-electron chi connectivity index (χ4n) is 3.13. The first-order valence-electron chi connectivity index (χ1n) is 7.62. The summed E-state index contributed by atoms with van der Waals surface area (Å²) in [5.74, 6) is 0.785. The van der Waals surface area contributed by atoms with E-state index in [1.54, 1.807) is 0 Å². The van der Waals surface area contributed by atoms with Gasteiger partial charge in [0.05, 0.1) is 18.1 Å². The monoisotopic (exact) mass is 303 g/mol. The van der Waals surface area contributed by atoms with E-state index in [-0.39, 0.29) is 36.2 Å². The van der Waals surface area contributed by atoms with Gasteiger partial charge in [-0.2, -0.15) is 0 Å². The van der Waals surface area contributed by atoms with Crippen molar-refractivity contribution in [2.75, 3.05) is 18.1 Å². The molecule has 2 rings (SSSR count). The standard InChI is InChI=1S/C14H25NO4S/c1-2-11-4-3-5-13(8-11)19-14(16)9-15-12-6-7-20(17,18)10-12/h11-13,15H,2-10H2,1H3. The lowest BCUT2D eigenvalue weighted by Crippen LogP contribution is -2.37. The molecule has 0 aromatic rings. The molecule has 1 heterocycles. The Labute approximate surface area is 121 Å². The normalized spacial score (nSPS) is 33.0. The molecule has 1 aliphatic carbocycles. The Bertz CT molecular complexity index is 434. The van der Waals surface area contributed by atoms with E-state index in [4.69, 9.17) is 4.74 Å². The second-order valence-electron chi connectivity index (χ2n) is 6.03. The fraction of sp³-hybridized carbons (Fsp3) is 0.929. The van der Waals surface area contributed by atoms with Crippen molar-refractivity contribution in [1.29, 1.82) is 0 Å². The first kappa shape index (κ1) is 15.8. The van der Waals surface area contributed by atoms with Crippen LogP contribution in [0.1, 0.15) is 45.4 Å². The van der Waals surface area contributed by atoms with E-state index < -0.39 is 9.84 Å². The number of rotatable bonds is 5. The summed E-state index contributed by atoms with van der Waals surface area (Å²) >= 11 is 0. The highest BCUT2D eigenvalue weighted by molar-refractivity contribution is 7.91. The van der Waals surface area contributed by atoms with Gasteiger partial charge in [0, 0.05) is 6.04 Å². The molecule has 1 saturated heterocycles. The third-order valence-corrected chi connectivity index (χ3v) is 6.15. The topological polar surface area (TPSA) is 72.5 Å². The molecule has 0 aromatic heterocycles. The molecule has 0 aromatic carbocycles. The largest absolute Gasteiger partial charge is 0.461 e. The van der Waals surface area contributed by atoms with E-state index in [1.165, 1.54) is 6.42 Å². The first-order chi connectivity index (χ1) is 9.48. The van der Waals surface area contributed by atoms with Crippen molar-refractivity contribution < 1.29 is 17.9 Å². The molecular formula is C14H25NO4S. The highest BCUT2D eigenvalue weighted by Gasteiger charge is 2.28. The molecule has 1 saturated carbocycles. The summed E-state index contributed by atoms with van der Waals surface area (Å²) < 4.78 is 28.1. The molecule has 116 valence electrons. The molecule has 1 aliphatic heterocycles. The van der Waals surface area contributed by atoms with Gasteiger partial charge in [0.1, 0.15) is 6.10 Å². The number of hydrogen-bond acceptors (Lipinski definition) is 5. The molecule has 3 unspecified atom stereocenters. The van der Waals surface area contributed by atoms with Gasteiger partial charge in [0.15, 0.2) is 9.84 Å². The van der Waals surface area contributed by atoms with Crippen LogP contribution in [0.5, 0.6) is 0 Å². The Kier molecular flexibility index (Phi) is 5.43. The second kappa shape index (κ2) is 6.89. The van der Waals surface area contributed by atoms with Gasteiger partial charge < -0.3 is 10.1 Å². The number of ether oxygens (including phenoxy) is 1. The van der Waals surface area contributed by atoms with Crippen LogP contribution in [0.15, 0.2) is 0 Å². The third-order valence-electron chi connectivity index (χ3n) is 4.38. The first-order valence-corrected chi connectivity index (χ1v) is 9.44. The van der Waals surface area contributed by atoms with Crippen LogP contribution >= 0.6 is 0 Å². The van der Waals surface area contributed by atoms with Crippen LogP contribution in [0, 0.1) is 5.92 Å². The zero-order valence-corrected chi connectivity index (χ0v) is 13.0. The van der Waals surface area contributed by atoms with Gasteiger partial charge in [0.2, 0.25) is 0 Å². The number of carbonyl (C=O) groups excluding carboxylic acids is 1. The lowest BCUT2D eigenvalue weighted by Gasteiger charge is -2.28. The van der Waals surface area contributed by atoms with Crippen molar-refractivity contribution in [2.45, 2.75) is 57.6 Å². The molecule has 0 bridgehead atoms. The van der Waals surface area contributed by atoms with Gasteiger partial charge in [0.25, 0.3) is 0 Å². The highest BCUT2D eigenvalue weighted by atomic mass is 32.2. The lowest BCUT2D eigenvalue weighted by atomic mass is 9.85. The zero-order valence-electron chi connectivity index (χ0n) is 12.1. The maximum atomic E-state index is 11.8. The summed E-state index contributed by atoms with van der Waals surface area (Å²) in [6.07, 6.45) is 6.09. The summed E-state index contributed by atoms with van der Waals surface area (Å²) in [5.41, 5.74) is 0. The Morgan fingerprint density at radius 1 is 1.30 bits per heavy atom. The van der Waals surface area contributed by atoms with E-state index in [9.17, 15) is 13.2 Å². The highest BCUT2D eigenvalue weighted by Crippen LogP contribution is 2.28. The molecular weight excluding hydrogens is 278 g/mol. The fourth-order valence-corrected chi connectivity index (χ4v) is 4.84. The van der Waals surface area contributed by atoms with Gasteiger partial charge in [-0.1, -0.05) is 19.8 Å². The molecule has 2 aliphatic rings. The van der Waals surface area contributed by atoms with Crippen LogP contribution in [-0.4, -0.2) is 44.6 Å². The molecule has 0 amide bonds. The Morgan fingerprint density at radius 2 is 2.10 bits per heavy atom. The van der Waals surface area contributed by atoms with Crippen LogP contribution in [0.2, 0.25) is 0 Å². The minimum absolute atomic E-state index is 0.0512. The second-order valence-corrected chi connectivity index (χ2v) is 8.26. The minimum atomic E-state index is -2.90. The predicted octanol–water partition coefficient (Wildman–Crippen LogP) is 1.28. The lowest BCUT2D eigenvalue weighted by molar-refractivity contribution is -0.150. The van der Waals surface area contributed by atoms with Gasteiger partial charge in [-0.3, -0.25) is 4.79 Å². The van der Waals surface area contributed by atoms with Crippen LogP contribution in [0.25, 0.3) is 0 Å². The van der Waals surface area contributed by atoms with Crippen LogP contribution in [0.3, 0.4) is 0 Å². The van der Waals surface area contributed by atoms with Gasteiger partial charge in [-0.05, 0) is 31.6 Å². The zero-order chi connectivity index (χ0) is 14.6. The summed E-state index contributed by atoms with van der Waals surface area (Å²) in [4.78, 5) is 11.8. The maximum Gasteiger partial charge on any atom is 0.320 e. The van der Waals surface area contributed by atoms with Gasteiger partial charge in [-0.15, -0.1) is 0 Å². The molecule has 1 N–H and O–H groups in total. The molecule has 6 heteroatoms. The summed E-state index contributed by atoms with van der Waals surface area (Å²) in [6.45, 7) is 2.30. The van der Waals surface area contributed by atoms with Gasteiger partial charge >= 0.3 is 5.97 Å². The number of nitrogens with one attached hydrogen (secondary N) is 1. The van der Waals surface area contributed by atoms with E-state index >= 15 is 0 Å². The SMILES string of the molecule is CCC1CCCC(OC(=O)CNC2CCS(=O)(=O)C2)C1. The minimum Gasteiger partial charge on any atom is -0.461 e. The molecule has 0 spiro atoms. The average molecular weight is 303 g/mol. The smallest absolute Gasteiger partial charge is 0.320 e. The molecule has 2 fully saturated rings. The molecule has 5 nitrogen and oxygen atoms in total. The molecule has 3 atom stereocenters. The van der Waals surface area contributed by atoms with Crippen molar-refractivity contribution in [3.05, 3.63) is 0 Å². The predicted molar refractivity (Wildman–Crippen MR) is 77.2 cm³/mol. The number of sulfone groups is 1. The molecule has 0 radical (unpaired) electrons. The molecule has 20 heavy (non-hydrogen) atoms. The maximum absolute atomic E-state index is 11.8. The van der Waals surface area contributed by atoms with E-state index in [1.807, 2.05) is 0 Å². The average Bonchev–Trinajstić information content (AvgIpc) is 2.76. The Morgan fingerprint density at radius 3 is 2.75 bits per heavy atom. The summed E-state index contributed by atoms with van der Waals surface area (Å²) in [7, 11) is -2.90. The van der Waals surface area contributed by atoms with E-state index in [0.717, 1.165) is 25.7 Å². The van der Waals surface area contributed by atoms with Crippen LogP contribution in [-0.2, 0) is 19.4 Å². The van der Waals surface area contributed by atoms with E-state index in [2.05, 4.69) is 12.2 Å². The van der Waals surface area contributed by atoms with Crippen molar-refractivity contribution in [1.82, 2.24) is 5.32 Å². The van der Waals surface area contributed by atoms with Crippen LogP contribution in [0.4, 0.5) is 0 Å². The third kappa shape index (κ3) is 4.74. The van der Waals surface area contributed by atoms with Crippen molar-refractivity contribution in [2.24, 2.45) is 5.92 Å². The Hall–Kier alpha value is -0.620. The quantitative estimate of drug-likeness (QED) is 0.775. The van der Waals surface area contributed by atoms with Crippen LogP contribution < -0.4 is 5.32 Å². The number of esters is 1. The van der Waals surface area contributed by atoms with Crippen molar-refractivity contribution in [3.63, 3.8) is 0 Å². The summed E-state index contributed by atoms with van der Waals surface area (Å²) in [6, 6.07) is -0.0951. The van der Waals surface area contributed by atoms with Crippen molar-refractivity contribution >= 4 is 15.8 Å². The van der Waals surface area contributed by atoms with Crippen molar-refractivity contribution in [3.8, 4) is 0 Å². The summed E-state index contributed by atoms with van der Waals surface area (Å²) in [5, 5.41) is 3.00.